The molecule has 4 heteroatoms. The summed E-state index contributed by atoms with van der Waals surface area (Å²) in [6, 6.07) is 0. The maximum atomic E-state index is 10.6. The Labute approximate surface area is 62.5 Å². The average molecular weight is 154 g/mol. The van der Waals surface area contributed by atoms with Crippen molar-refractivity contribution >= 4 is 11.8 Å². The van der Waals surface area contributed by atoms with Crippen molar-refractivity contribution in [2.45, 2.75) is 6.42 Å². The van der Waals surface area contributed by atoms with E-state index in [4.69, 9.17) is 10.2 Å². The Balaban J connectivity index is 2.99. The van der Waals surface area contributed by atoms with E-state index in [0.29, 0.717) is 0 Å². The SMILES string of the molecule is O=C1C=CC(O)=C(C(=O)O)C1. The van der Waals surface area contributed by atoms with E-state index >= 15 is 0 Å². The van der Waals surface area contributed by atoms with Crippen molar-refractivity contribution in [1.29, 1.82) is 0 Å². The number of carboxylic acids is 1. The molecule has 1 aliphatic rings. The summed E-state index contributed by atoms with van der Waals surface area (Å²) in [6.07, 6.45) is 2.02. The monoisotopic (exact) mass is 154 g/mol. The van der Waals surface area contributed by atoms with Crippen molar-refractivity contribution in [2.75, 3.05) is 0 Å². The molecule has 0 unspecified atom stereocenters. The van der Waals surface area contributed by atoms with Gasteiger partial charge in [0.1, 0.15) is 5.76 Å². The first-order valence-electron chi connectivity index (χ1n) is 2.97. The van der Waals surface area contributed by atoms with Crippen LogP contribution in [0.15, 0.2) is 23.5 Å². The van der Waals surface area contributed by atoms with Gasteiger partial charge < -0.3 is 10.2 Å². The molecular weight excluding hydrogens is 148 g/mol. The zero-order valence-electron chi connectivity index (χ0n) is 5.57. The van der Waals surface area contributed by atoms with Gasteiger partial charge in [-0.25, -0.2) is 4.79 Å². The smallest absolute Gasteiger partial charge is 0.335 e. The fourth-order valence-corrected chi connectivity index (χ4v) is 0.781. The predicted octanol–water partition coefficient (Wildman–Crippen LogP) is 0.412. The number of carboxylic acid groups (broad SMARTS) is 1. The number of allylic oxidation sites excluding steroid dienone is 2. The second-order valence-electron chi connectivity index (χ2n) is 2.15. The summed E-state index contributed by atoms with van der Waals surface area (Å²) in [5.74, 6) is -1.89. The topological polar surface area (TPSA) is 74.6 Å². The van der Waals surface area contributed by atoms with Crippen LogP contribution in [0.5, 0.6) is 0 Å². The highest BCUT2D eigenvalue weighted by atomic mass is 16.4. The van der Waals surface area contributed by atoms with Crippen LogP contribution in [0.1, 0.15) is 6.42 Å². The van der Waals surface area contributed by atoms with Crippen LogP contribution < -0.4 is 0 Å². The van der Waals surface area contributed by atoms with Crippen LogP contribution in [0.2, 0.25) is 0 Å². The van der Waals surface area contributed by atoms with Crippen LogP contribution in [0, 0.1) is 0 Å². The molecule has 0 bridgehead atoms. The van der Waals surface area contributed by atoms with Crippen LogP contribution in [-0.2, 0) is 9.59 Å². The summed E-state index contributed by atoms with van der Waals surface area (Å²) < 4.78 is 0. The first-order valence-corrected chi connectivity index (χ1v) is 2.97. The lowest BCUT2D eigenvalue weighted by atomic mass is 10.0. The Morgan fingerprint density at radius 1 is 1.45 bits per heavy atom. The molecule has 0 aromatic rings. The Hall–Kier alpha value is -1.58. The predicted molar refractivity (Wildman–Crippen MR) is 36.1 cm³/mol. The van der Waals surface area contributed by atoms with Crippen molar-refractivity contribution in [1.82, 2.24) is 0 Å². The summed E-state index contributed by atoms with van der Waals surface area (Å²) in [7, 11) is 0. The first kappa shape index (κ1) is 7.53. The highest BCUT2D eigenvalue weighted by Crippen LogP contribution is 2.14. The van der Waals surface area contributed by atoms with Crippen molar-refractivity contribution in [2.24, 2.45) is 0 Å². The van der Waals surface area contributed by atoms with Crippen LogP contribution in [-0.4, -0.2) is 22.0 Å². The number of aliphatic hydroxyl groups excluding tert-OH is 1. The van der Waals surface area contributed by atoms with Gasteiger partial charge >= 0.3 is 5.97 Å². The van der Waals surface area contributed by atoms with Crippen LogP contribution >= 0.6 is 0 Å². The average Bonchev–Trinajstić information content (AvgIpc) is 1.94. The largest absolute Gasteiger partial charge is 0.507 e. The molecule has 0 aliphatic heterocycles. The second-order valence-corrected chi connectivity index (χ2v) is 2.15. The van der Waals surface area contributed by atoms with Gasteiger partial charge in [0.2, 0.25) is 0 Å². The van der Waals surface area contributed by atoms with Crippen molar-refractivity contribution in [3.63, 3.8) is 0 Å². The number of carbonyl (C=O) groups excluding carboxylic acids is 1. The summed E-state index contributed by atoms with van der Waals surface area (Å²) in [5.41, 5.74) is -0.238. The van der Waals surface area contributed by atoms with Crippen LogP contribution in [0.3, 0.4) is 0 Å². The summed E-state index contributed by atoms with van der Waals surface area (Å²) in [5, 5.41) is 17.3. The van der Waals surface area contributed by atoms with E-state index in [1.54, 1.807) is 0 Å². The quantitative estimate of drug-likeness (QED) is 0.573. The van der Waals surface area contributed by atoms with Gasteiger partial charge in [-0.1, -0.05) is 0 Å². The third-order valence-electron chi connectivity index (χ3n) is 1.35. The van der Waals surface area contributed by atoms with E-state index in [9.17, 15) is 9.59 Å². The van der Waals surface area contributed by atoms with Gasteiger partial charge in [-0.15, -0.1) is 0 Å². The standard InChI is InChI=1S/C7H6O4/c8-4-1-2-6(9)5(3-4)7(10)11/h1-2,9H,3H2,(H,10,11). The number of aliphatic carboxylic acids is 1. The van der Waals surface area contributed by atoms with Gasteiger partial charge in [0.05, 0.1) is 5.57 Å². The number of ketones is 1. The van der Waals surface area contributed by atoms with Crippen LogP contribution in [0.25, 0.3) is 0 Å². The molecule has 11 heavy (non-hydrogen) atoms. The number of hydrogen-bond acceptors (Lipinski definition) is 3. The van der Waals surface area contributed by atoms with E-state index in [1.165, 1.54) is 0 Å². The Kier molecular flexibility index (Phi) is 1.76. The van der Waals surface area contributed by atoms with Crippen molar-refractivity contribution in [3.05, 3.63) is 23.5 Å². The highest BCUT2D eigenvalue weighted by molar-refractivity contribution is 6.02. The number of rotatable bonds is 1. The number of carbonyl (C=O) groups is 2. The van der Waals surface area contributed by atoms with Gasteiger partial charge in [-0.2, -0.15) is 0 Å². The molecule has 58 valence electrons. The van der Waals surface area contributed by atoms with E-state index in [2.05, 4.69) is 0 Å². The minimum absolute atomic E-state index is 0.225. The van der Waals surface area contributed by atoms with Gasteiger partial charge in [-0.3, -0.25) is 4.79 Å². The van der Waals surface area contributed by atoms with E-state index in [0.717, 1.165) is 12.2 Å². The Morgan fingerprint density at radius 2 is 2.09 bits per heavy atom. The molecule has 0 aromatic heterocycles. The highest BCUT2D eigenvalue weighted by Gasteiger charge is 2.18. The molecule has 0 saturated heterocycles. The minimum atomic E-state index is -1.25. The van der Waals surface area contributed by atoms with Crippen LogP contribution in [0.4, 0.5) is 0 Å². The molecule has 1 aliphatic carbocycles. The molecule has 1 rings (SSSR count). The molecule has 0 radical (unpaired) electrons. The third kappa shape index (κ3) is 1.46. The van der Waals surface area contributed by atoms with Crippen molar-refractivity contribution < 1.29 is 19.8 Å². The maximum absolute atomic E-state index is 10.6. The zero-order chi connectivity index (χ0) is 8.43. The maximum Gasteiger partial charge on any atom is 0.335 e. The van der Waals surface area contributed by atoms with Gasteiger partial charge in [-0.05, 0) is 12.2 Å². The number of hydrogen-bond donors (Lipinski definition) is 2. The fraction of sp³-hybridized carbons (Fsp3) is 0.143. The summed E-state index contributed by atoms with van der Waals surface area (Å²) >= 11 is 0. The second kappa shape index (κ2) is 2.57. The lowest BCUT2D eigenvalue weighted by Gasteiger charge is -2.05. The van der Waals surface area contributed by atoms with E-state index in [1.807, 2.05) is 0 Å². The zero-order valence-corrected chi connectivity index (χ0v) is 5.57. The lowest BCUT2D eigenvalue weighted by molar-refractivity contribution is -0.133. The van der Waals surface area contributed by atoms with E-state index < -0.39 is 5.97 Å². The molecule has 4 nitrogen and oxygen atoms in total. The molecule has 0 spiro atoms. The molecule has 0 saturated carbocycles. The fourth-order valence-electron chi connectivity index (χ4n) is 0.781. The molecule has 2 N–H and O–H groups in total. The summed E-state index contributed by atoms with van der Waals surface area (Å²) in [6.45, 7) is 0. The van der Waals surface area contributed by atoms with Gasteiger partial charge in [0.25, 0.3) is 0 Å². The lowest BCUT2D eigenvalue weighted by Crippen LogP contribution is -2.11. The minimum Gasteiger partial charge on any atom is -0.507 e. The normalized spacial score (nSPS) is 17.3. The molecule has 0 atom stereocenters. The van der Waals surface area contributed by atoms with Gasteiger partial charge in [0.15, 0.2) is 5.78 Å². The van der Waals surface area contributed by atoms with Gasteiger partial charge in [0, 0.05) is 6.42 Å². The molecule has 0 amide bonds. The first-order chi connectivity index (χ1) is 5.11. The Morgan fingerprint density at radius 3 is 2.55 bits per heavy atom. The molecule has 0 aromatic carbocycles. The van der Waals surface area contributed by atoms with Crippen molar-refractivity contribution in [3.8, 4) is 0 Å². The van der Waals surface area contributed by atoms with E-state index in [-0.39, 0.29) is 23.5 Å². The molecule has 0 fully saturated rings. The summed E-state index contributed by atoms with van der Waals surface area (Å²) in [4.78, 5) is 20.9. The molecule has 0 heterocycles. The third-order valence-corrected chi connectivity index (χ3v) is 1.35. The number of aliphatic hydroxyl groups is 1. The Bertz CT molecular complexity index is 272. The molecular formula is C7H6O4.